The number of aliphatic imine (C=N–C) groups is 1. The minimum atomic E-state index is 0.873. The molecule has 1 aromatic heterocycles. The Kier molecular flexibility index (Phi) is 8.97. The summed E-state index contributed by atoms with van der Waals surface area (Å²) in [6, 6.07) is 10.5. The Morgan fingerprint density at radius 2 is 2.04 bits per heavy atom. The third kappa shape index (κ3) is 7.22. The lowest BCUT2D eigenvalue weighted by molar-refractivity contribution is 0.770. The summed E-state index contributed by atoms with van der Waals surface area (Å²) >= 11 is 1.90. The van der Waals surface area contributed by atoms with E-state index in [0.717, 1.165) is 44.1 Å². The first-order chi connectivity index (χ1) is 12.3. The lowest BCUT2D eigenvalue weighted by Crippen LogP contribution is -2.38. The molecule has 0 aliphatic rings. The zero-order chi connectivity index (χ0) is 17.7. The van der Waals surface area contributed by atoms with E-state index in [1.807, 2.05) is 28.7 Å². The van der Waals surface area contributed by atoms with E-state index >= 15 is 0 Å². The Morgan fingerprint density at radius 3 is 2.72 bits per heavy atom. The monoisotopic (exact) mass is 359 g/mol. The molecule has 2 rings (SSSR count). The van der Waals surface area contributed by atoms with Crippen molar-refractivity contribution < 1.29 is 0 Å². The molecule has 2 N–H and O–H groups in total. The number of nitrogens with one attached hydrogen (secondary N) is 2. The zero-order valence-electron chi connectivity index (χ0n) is 15.2. The minimum absolute atomic E-state index is 0.873. The summed E-state index contributed by atoms with van der Waals surface area (Å²) in [4.78, 5) is 4.64. The third-order valence-corrected chi connectivity index (χ3v) is 4.48. The first-order valence-corrected chi connectivity index (χ1v) is 10.3. The molecule has 25 heavy (non-hydrogen) atoms. The van der Waals surface area contributed by atoms with Gasteiger partial charge in [0.2, 0.25) is 0 Å². The number of unbranched alkanes of at least 4 members (excludes halogenated alkanes) is 1. The Bertz CT molecular complexity index is 607. The van der Waals surface area contributed by atoms with Gasteiger partial charge in [-0.15, -0.1) is 0 Å². The van der Waals surface area contributed by atoms with Crippen molar-refractivity contribution in [2.75, 3.05) is 31.6 Å². The number of thioether (sulfide) groups is 1. The van der Waals surface area contributed by atoms with Crippen LogP contribution in [0.2, 0.25) is 0 Å². The van der Waals surface area contributed by atoms with Crippen LogP contribution in [0.1, 0.15) is 25.3 Å². The molecular formula is C19H29N5S. The molecule has 0 saturated carbocycles. The van der Waals surface area contributed by atoms with Crippen LogP contribution in [0.5, 0.6) is 0 Å². The molecule has 0 fully saturated rings. The van der Waals surface area contributed by atoms with Gasteiger partial charge in [0.25, 0.3) is 0 Å². The summed E-state index contributed by atoms with van der Waals surface area (Å²) in [6.07, 6.45) is 9.24. The summed E-state index contributed by atoms with van der Waals surface area (Å²) in [5.41, 5.74) is 2.39. The summed E-state index contributed by atoms with van der Waals surface area (Å²) in [5, 5.41) is 11.0. The second-order valence-corrected chi connectivity index (χ2v) is 6.74. The second kappa shape index (κ2) is 11.6. The van der Waals surface area contributed by atoms with E-state index in [-0.39, 0.29) is 0 Å². The summed E-state index contributed by atoms with van der Waals surface area (Å²) in [5.74, 6) is 2.13. The van der Waals surface area contributed by atoms with E-state index < -0.39 is 0 Å². The molecule has 0 saturated heterocycles. The smallest absolute Gasteiger partial charge is 0.191 e. The fraction of sp³-hybridized carbons (Fsp3) is 0.474. The molecule has 0 unspecified atom stereocenters. The lowest BCUT2D eigenvalue weighted by Gasteiger charge is -2.11. The number of aromatic nitrogens is 2. The molecule has 0 bridgehead atoms. The average molecular weight is 360 g/mol. The van der Waals surface area contributed by atoms with Crippen LogP contribution in [-0.4, -0.2) is 47.4 Å². The fourth-order valence-corrected chi connectivity index (χ4v) is 2.95. The van der Waals surface area contributed by atoms with Gasteiger partial charge in [-0.05, 0) is 62.0 Å². The van der Waals surface area contributed by atoms with Gasteiger partial charge in [0.05, 0.1) is 5.69 Å². The number of nitrogens with zero attached hydrogens (tertiary/aromatic N) is 3. The molecule has 0 radical (unpaired) electrons. The highest BCUT2D eigenvalue weighted by Crippen LogP contribution is 2.08. The van der Waals surface area contributed by atoms with Gasteiger partial charge in [0, 0.05) is 32.0 Å². The normalized spacial score (nSPS) is 11.5. The first-order valence-electron chi connectivity index (χ1n) is 8.93. The van der Waals surface area contributed by atoms with E-state index in [1.165, 1.54) is 17.7 Å². The van der Waals surface area contributed by atoms with Gasteiger partial charge >= 0.3 is 0 Å². The van der Waals surface area contributed by atoms with Crippen LogP contribution in [-0.2, 0) is 6.42 Å². The number of hydrogen-bond acceptors (Lipinski definition) is 3. The maximum Gasteiger partial charge on any atom is 0.191 e. The van der Waals surface area contributed by atoms with E-state index in [4.69, 9.17) is 0 Å². The number of benzene rings is 1. The quantitative estimate of drug-likeness (QED) is 0.389. The molecule has 0 spiro atoms. The van der Waals surface area contributed by atoms with Crippen molar-refractivity contribution in [1.82, 2.24) is 20.4 Å². The number of hydrogen-bond donors (Lipinski definition) is 2. The summed E-state index contributed by atoms with van der Waals surface area (Å²) < 4.78 is 1.87. The van der Waals surface area contributed by atoms with Gasteiger partial charge in [0.15, 0.2) is 5.96 Å². The topological polar surface area (TPSA) is 54.2 Å². The molecule has 0 aliphatic carbocycles. The van der Waals surface area contributed by atoms with Crippen LogP contribution >= 0.6 is 11.8 Å². The van der Waals surface area contributed by atoms with Crippen LogP contribution in [0.3, 0.4) is 0 Å². The standard InChI is InChI=1S/C19H29N5S/c1-3-20-19(21-12-4-5-16-25-2)22-14-11-17-7-9-18(10-8-17)24-15-6-13-23-24/h6-10,13,15H,3-5,11-12,14,16H2,1-2H3,(H2,20,21,22). The molecule has 5 nitrogen and oxygen atoms in total. The van der Waals surface area contributed by atoms with Crippen molar-refractivity contribution in [2.45, 2.75) is 26.2 Å². The highest BCUT2D eigenvalue weighted by molar-refractivity contribution is 7.98. The Morgan fingerprint density at radius 1 is 1.20 bits per heavy atom. The van der Waals surface area contributed by atoms with E-state index in [1.54, 1.807) is 6.20 Å². The number of rotatable bonds is 10. The van der Waals surface area contributed by atoms with Crippen molar-refractivity contribution in [3.05, 3.63) is 48.3 Å². The van der Waals surface area contributed by atoms with Crippen LogP contribution in [0.15, 0.2) is 47.7 Å². The molecule has 0 amide bonds. The SMILES string of the molecule is CCNC(=NCCCCSC)NCCc1ccc(-n2cccn2)cc1. The van der Waals surface area contributed by atoms with Gasteiger partial charge in [-0.3, -0.25) is 4.99 Å². The van der Waals surface area contributed by atoms with Crippen molar-refractivity contribution in [3.8, 4) is 5.69 Å². The third-order valence-electron chi connectivity index (χ3n) is 3.78. The van der Waals surface area contributed by atoms with Crippen LogP contribution in [0.4, 0.5) is 0 Å². The van der Waals surface area contributed by atoms with E-state index in [2.05, 4.69) is 58.2 Å². The molecule has 2 aromatic rings. The lowest BCUT2D eigenvalue weighted by atomic mass is 10.1. The summed E-state index contributed by atoms with van der Waals surface area (Å²) in [7, 11) is 0. The fourth-order valence-electron chi connectivity index (χ4n) is 2.45. The van der Waals surface area contributed by atoms with Crippen molar-refractivity contribution in [3.63, 3.8) is 0 Å². The Balaban J connectivity index is 1.75. The minimum Gasteiger partial charge on any atom is -0.357 e. The maximum absolute atomic E-state index is 4.64. The van der Waals surface area contributed by atoms with Crippen molar-refractivity contribution in [2.24, 2.45) is 4.99 Å². The van der Waals surface area contributed by atoms with Crippen molar-refractivity contribution in [1.29, 1.82) is 0 Å². The highest BCUT2D eigenvalue weighted by Gasteiger charge is 2.00. The molecule has 6 heteroatoms. The maximum atomic E-state index is 4.64. The molecular weight excluding hydrogens is 330 g/mol. The van der Waals surface area contributed by atoms with Gasteiger partial charge in [-0.25, -0.2) is 4.68 Å². The first kappa shape index (κ1) is 19.4. The van der Waals surface area contributed by atoms with E-state index in [0.29, 0.717) is 0 Å². The predicted octanol–water partition coefficient (Wildman–Crippen LogP) is 3.11. The molecule has 136 valence electrons. The largest absolute Gasteiger partial charge is 0.357 e. The Labute approximate surface area is 155 Å². The average Bonchev–Trinajstić information content (AvgIpc) is 3.17. The highest BCUT2D eigenvalue weighted by atomic mass is 32.2. The van der Waals surface area contributed by atoms with Crippen LogP contribution in [0.25, 0.3) is 5.69 Å². The molecule has 0 atom stereocenters. The number of guanidine groups is 1. The molecule has 0 aliphatic heterocycles. The zero-order valence-corrected chi connectivity index (χ0v) is 16.1. The molecule has 1 aromatic carbocycles. The van der Waals surface area contributed by atoms with Gasteiger partial charge < -0.3 is 10.6 Å². The second-order valence-electron chi connectivity index (χ2n) is 5.75. The van der Waals surface area contributed by atoms with Crippen LogP contribution in [0, 0.1) is 0 Å². The summed E-state index contributed by atoms with van der Waals surface area (Å²) in [6.45, 7) is 4.74. The van der Waals surface area contributed by atoms with Gasteiger partial charge in [-0.2, -0.15) is 16.9 Å². The van der Waals surface area contributed by atoms with Gasteiger partial charge in [0.1, 0.15) is 0 Å². The Hall–Kier alpha value is -1.95. The van der Waals surface area contributed by atoms with Crippen LogP contribution < -0.4 is 10.6 Å². The molecule has 1 heterocycles. The van der Waals surface area contributed by atoms with Crippen molar-refractivity contribution >= 4 is 17.7 Å². The van der Waals surface area contributed by atoms with E-state index in [9.17, 15) is 0 Å². The predicted molar refractivity (Wildman–Crippen MR) is 109 cm³/mol. The van der Waals surface area contributed by atoms with Gasteiger partial charge in [-0.1, -0.05) is 12.1 Å².